The summed E-state index contributed by atoms with van der Waals surface area (Å²) in [5.41, 5.74) is 3.38. The van der Waals surface area contributed by atoms with Crippen LogP contribution in [0.1, 0.15) is 42.7 Å². The standard InChI is InChI=1S/C18H24N4O3/c1-4-15-17(6-5-12(2)19-15)25-11-18(24)21-7-8-22-14(10-21)9-16(20-22)13(3)23/h5-6,9,13,23H,4,7-8,10-11H2,1-3H3. The SMILES string of the molecule is CCc1nc(C)ccc1OCC(=O)N1CCn2nc(C(C)O)cc2C1. The van der Waals surface area contributed by atoms with Crippen molar-refractivity contribution in [2.24, 2.45) is 0 Å². The molecule has 7 nitrogen and oxygen atoms in total. The Morgan fingerprint density at radius 1 is 1.40 bits per heavy atom. The molecule has 1 aliphatic rings. The first-order valence-electron chi connectivity index (χ1n) is 8.59. The number of carbonyl (C=O) groups excluding carboxylic acids is 1. The molecule has 1 N–H and O–H groups in total. The van der Waals surface area contributed by atoms with Crippen molar-refractivity contribution >= 4 is 5.91 Å². The molecule has 0 radical (unpaired) electrons. The Balaban J connectivity index is 1.62. The number of hydrogen-bond acceptors (Lipinski definition) is 5. The third-order valence-electron chi connectivity index (χ3n) is 4.36. The van der Waals surface area contributed by atoms with Gasteiger partial charge < -0.3 is 14.7 Å². The number of hydrogen-bond donors (Lipinski definition) is 1. The van der Waals surface area contributed by atoms with Gasteiger partial charge in [-0.05, 0) is 38.5 Å². The van der Waals surface area contributed by atoms with E-state index in [0.29, 0.717) is 31.1 Å². The molecule has 3 heterocycles. The van der Waals surface area contributed by atoms with Gasteiger partial charge in [0, 0.05) is 12.2 Å². The second-order valence-corrected chi connectivity index (χ2v) is 6.31. The fraction of sp³-hybridized carbons (Fsp3) is 0.500. The van der Waals surface area contributed by atoms with E-state index in [4.69, 9.17) is 4.74 Å². The van der Waals surface area contributed by atoms with E-state index >= 15 is 0 Å². The molecule has 1 aliphatic heterocycles. The number of pyridine rings is 1. The maximum absolute atomic E-state index is 12.5. The first-order valence-corrected chi connectivity index (χ1v) is 8.59. The van der Waals surface area contributed by atoms with Crippen LogP contribution in [0.15, 0.2) is 18.2 Å². The van der Waals surface area contributed by atoms with Gasteiger partial charge in [-0.15, -0.1) is 0 Å². The zero-order chi connectivity index (χ0) is 18.0. The summed E-state index contributed by atoms with van der Waals surface area (Å²) in [7, 11) is 0. The molecule has 0 saturated carbocycles. The van der Waals surface area contributed by atoms with Crippen molar-refractivity contribution in [1.29, 1.82) is 0 Å². The third-order valence-corrected chi connectivity index (χ3v) is 4.36. The second kappa shape index (κ2) is 7.23. The number of fused-ring (bicyclic) bond motifs is 1. The van der Waals surface area contributed by atoms with Crippen molar-refractivity contribution in [1.82, 2.24) is 19.7 Å². The lowest BCUT2D eigenvalue weighted by Crippen LogP contribution is -2.40. The minimum Gasteiger partial charge on any atom is -0.482 e. The molecule has 0 bridgehead atoms. The van der Waals surface area contributed by atoms with Crippen LogP contribution in [0.2, 0.25) is 0 Å². The van der Waals surface area contributed by atoms with E-state index in [0.717, 1.165) is 23.5 Å². The van der Waals surface area contributed by atoms with E-state index in [2.05, 4.69) is 10.1 Å². The fourth-order valence-electron chi connectivity index (χ4n) is 2.92. The van der Waals surface area contributed by atoms with Gasteiger partial charge in [-0.25, -0.2) is 0 Å². The van der Waals surface area contributed by atoms with E-state index in [1.165, 1.54) is 0 Å². The Bertz CT molecular complexity index is 770. The number of aryl methyl sites for hydroxylation is 2. The Labute approximate surface area is 147 Å². The summed E-state index contributed by atoms with van der Waals surface area (Å²) < 4.78 is 7.57. The lowest BCUT2D eigenvalue weighted by atomic mass is 10.2. The normalized spacial score (nSPS) is 15.0. The summed E-state index contributed by atoms with van der Waals surface area (Å²) in [6.45, 7) is 7.33. The number of aromatic nitrogens is 3. The zero-order valence-electron chi connectivity index (χ0n) is 14.9. The molecule has 25 heavy (non-hydrogen) atoms. The van der Waals surface area contributed by atoms with Crippen LogP contribution in [0.25, 0.3) is 0 Å². The Morgan fingerprint density at radius 3 is 2.92 bits per heavy atom. The van der Waals surface area contributed by atoms with Crippen LogP contribution < -0.4 is 4.74 Å². The highest BCUT2D eigenvalue weighted by Crippen LogP contribution is 2.20. The topological polar surface area (TPSA) is 80.5 Å². The van der Waals surface area contributed by atoms with Gasteiger partial charge in [0.25, 0.3) is 5.91 Å². The second-order valence-electron chi connectivity index (χ2n) is 6.31. The van der Waals surface area contributed by atoms with Gasteiger partial charge in [-0.2, -0.15) is 5.10 Å². The highest BCUT2D eigenvalue weighted by atomic mass is 16.5. The first-order chi connectivity index (χ1) is 12.0. The summed E-state index contributed by atoms with van der Waals surface area (Å²) in [6, 6.07) is 5.61. The van der Waals surface area contributed by atoms with Gasteiger partial charge >= 0.3 is 0 Å². The fourth-order valence-corrected chi connectivity index (χ4v) is 2.92. The minimum absolute atomic E-state index is 0.00482. The van der Waals surface area contributed by atoms with E-state index in [1.54, 1.807) is 11.8 Å². The monoisotopic (exact) mass is 344 g/mol. The molecule has 0 spiro atoms. The maximum Gasteiger partial charge on any atom is 0.260 e. The molecule has 7 heteroatoms. The van der Waals surface area contributed by atoms with E-state index in [-0.39, 0.29) is 12.5 Å². The van der Waals surface area contributed by atoms with E-state index in [1.807, 2.05) is 36.7 Å². The summed E-state index contributed by atoms with van der Waals surface area (Å²) in [6.07, 6.45) is 0.156. The zero-order valence-corrected chi connectivity index (χ0v) is 14.9. The molecular formula is C18H24N4O3. The summed E-state index contributed by atoms with van der Waals surface area (Å²) in [5, 5.41) is 14.0. The average Bonchev–Trinajstić information content (AvgIpc) is 3.03. The van der Waals surface area contributed by atoms with Crippen LogP contribution >= 0.6 is 0 Å². The Hall–Kier alpha value is -2.41. The van der Waals surface area contributed by atoms with E-state index < -0.39 is 6.10 Å². The molecule has 0 saturated heterocycles. The molecule has 0 aromatic carbocycles. The molecule has 134 valence electrons. The van der Waals surface area contributed by atoms with Crippen LogP contribution in [-0.4, -0.2) is 43.8 Å². The van der Waals surface area contributed by atoms with Crippen LogP contribution in [-0.2, 0) is 24.3 Å². The van der Waals surface area contributed by atoms with Crippen molar-refractivity contribution in [2.45, 2.75) is 46.4 Å². The van der Waals surface area contributed by atoms with Gasteiger partial charge in [-0.3, -0.25) is 14.5 Å². The summed E-state index contributed by atoms with van der Waals surface area (Å²) in [5.74, 6) is 0.605. The highest BCUT2D eigenvalue weighted by molar-refractivity contribution is 5.77. The molecule has 1 amide bonds. The van der Waals surface area contributed by atoms with Crippen molar-refractivity contribution in [3.63, 3.8) is 0 Å². The largest absolute Gasteiger partial charge is 0.482 e. The number of carbonyl (C=O) groups is 1. The Kier molecular flexibility index (Phi) is 5.03. The number of nitrogens with zero attached hydrogens (tertiary/aromatic N) is 4. The van der Waals surface area contributed by atoms with Gasteiger partial charge in [0.15, 0.2) is 6.61 Å². The highest BCUT2D eigenvalue weighted by Gasteiger charge is 2.23. The van der Waals surface area contributed by atoms with Gasteiger partial charge in [0.2, 0.25) is 0 Å². The van der Waals surface area contributed by atoms with Crippen LogP contribution in [0.3, 0.4) is 0 Å². The van der Waals surface area contributed by atoms with Crippen molar-refractivity contribution in [2.75, 3.05) is 13.2 Å². The first kappa shape index (κ1) is 17.4. The molecule has 2 aromatic heterocycles. The van der Waals surface area contributed by atoms with Crippen molar-refractivity contribution in [3.8, 4) is 5.75 Å². The lowest BCUT2D eigenvalue weighted by molar-refractivity contribution is -0.134. The molecule has 3 rings (SSSR count). The maximum atomic E-state index is 12.5. The molecule has 1 atom stereocenters. The molecule has 2 aromatic rings. The Morgan fingerprint density at radius 2 is 2.20 bits per heavy atom. The minimum atomic E-state index is -0.605. The molecule has 0 aliphatic carbocycles. The van der Waals surface area contributed by atoms with Gasteiger partial charge in [0.1, 0.15) is 5.75 Å². The average molecular weight is 344 g/mol. The number of ether oxygens (including phenoxy) is 1. The number of rotatable bonds is 5. The third kappa shape index (κ3) is 3.82. The number of aliphatic hydroxyl groups excluding tert-OH is 1. The van der Waals surface area contributed by atoms with Gasteiger partial charge in [0.05, 0.1) is 36.3 Å². The number of aliphatic hydroxyl groups is 1. The smallest absolute Gasteiger partial charge is 0.260 e. The van der Waals surface area contributed by atoms with Crippen molar-refractivity contribution in [3.05, 3.63) is 41.0 Å². The number of amides is 1. The van der Waals surface area contributed by atoms with Crippen LogP contribution in [0, 0.1) is 6.92 Å². The van der Waals surface area contributed by atoms with Gasteiger partial charge in [-0.1, -0.05) is 6.92 Å². The van der Waals surface area contributed by atoms with E-state index in [9.17, 15) is 9.90 Å². The quantitative estimate of drug-likeness (QED) is 0.891. The van der Waals surface area contributed by atoms with Crippen LogP contribution in [0.4, 0.5) is 0 Å². The van der Waals surface area contributed by atoms with Crippen LogP contribution in [0.5, 0.6) is 5.75 Å². The molecule has 0 fully saturated rings. The lowest BCUT2D eigenvalue weighted by Gasteiger charge is -2.27. The predicted molar refractivity (Wildman–Crippen MR) is 92.1 cm³/mol. The molecular weight excluding hydrogens is 320 g/mol. The molecule has 1 unspecified atom stereocenters. The summed E-state index contributed by atoms with van der Waals surface area (Å²) >= 11 is 0. The van der Waals surface area contributed by atoms with Crippen molar-refractivity contribution < 1.29 is 14.6 Å². The predicted octanol–water partition coefficient (Wildman–Crippen LogP) is 1.62. The summed E-state index contributed by atoms with van der Waals surface area (Å²) in [4.78, 5) is 18.7.